The molecular formula is C18H15N5O2. The number of para-hydroxylation sites is 2. The van der Waals surface area contributed by atoms with Crippen LogP contribution in [0, 0.1) is 6.92 Å². The number of aromatic hydroxyl groups is 1. The Morgan fingerprint density at radius 2 is 1.80 bits per heavy atom. The van der Waals surface area contributed by atoms with Gasteiger partial charge in [0.05, 0.1) is 16.7 Å². The second kappa shape index (κ2) is 5.20. The molecule has 4 aromatic rings. The topological polar surface area (TPSA) is 120 Å². The number of phenolic OH excluding ortho intramolecular Hbond substituents is 1. The molecule has 7 nitrogen and oxygen atoms in total. The lowest BCUT2D eigenvalue weighted by Gasteiger charge is -2.11. The fraction of sp³-hybridized carbons (Fsp3) is 0.0556. The molecule has 0 aliphatic heterocycles. The molecule has 25 heavy (non-hydrogen) atoms. The Balaban J connectivity index is 2.20. The Labute approximate surface area is 142 Å². The fourth-order valence-electron chi connectivity index (χ4n) is 2.99. The fourth-order valence-corrected chi connectivity index (χ4v) is 2.99. The molecule has 4 rings (SSSR count). The van der Waals surface area contributed by atoms with Gasteiger partial charge in [0.15, 0.2) is 5.65 Å². The van der Waals surface area contributed by atoms with Crippen molar-refractivity contribution in [1.29, 1.82) is 0 Å². The van der Waals surface area contributed by atoms with Crippen LogP contribution in [0.1, 0.15) is 15.9 Å². The van der Waals surface area contributed by atoms with Gasteiger partial charge < -0.3 is 16.6 Å². The van der Waals surface area contributed by atoms with Gasteiger partial charge in [-0.1, -0.05) is 18.2 Å². The van der Waals surface area contributed by atoms with Crippen molar-refractivity contribution in [2.45, 2.75) is 6.92 Å². The molecular weight excluding hydrogens is 318 g/mol. The van der Waals surface area contributed by atoms with Gasteiger partial charge >= 0.3 is 0 Å². The van der Waals surface area contributed by atoms with Crippen LogP contribution in [0.3, 0.4) is 0 Å². The van der Waals surface area contributed by atoms with Crippen molar-refractivity contribution in [3.63, 3.8) is 0 Å². The third-order valence-electron chi connectivity index (χ3n) is 4.18. The van der Waals surface area contributed by atoms with Crippen molar-refractivity contribution in [1.82, 2.24) is 14.5 Å². The summed E-state index contributed by atoms with van der Waals surface area (Å²) in [6.07, 6.45) is 0. The second-order valence-corrected chi connectivity index (χ2v) is 5.82. The molecule has 7 heteroatoms. The van der Waals surface area contributed by atoms with E-state index in [1.807, 2.05) is 25.1 Å². The second-order valence-electron chi connectivity index (χ2n) is 5.82. The van der Waals surface area contributed by atoms with Gasteiger partial charge in [0.2, 0.25) is 0 Å². The molecule has 5 N–H and O–H groups in total. The number of nitrogens with two attached hydrogens (primary N) is 2. The van der Waals surface area contributed by atoms with Crippen LogP contribution < -0.4 is 11.5 Å². The van der Waals surface area contributed by atoms with E-state index in [1.54, 1.807) is 28.8 Å². The monoisotopic (exact) mass is 333 g/mol. The highest BCUT2D eigenvalue weighted by Gasteiger charge is 2.24. The zero-order chi connectivity index (χ0) is 17.7. The minimum absolute atomic E-state index is 0.0798. The average molecular weight is 333 g/mol. The molecule has 0 atom stereocenters. The van der Waals surface area contributed by atoms with E-state index >= 15 is 0 Å². The smallest absolute Gasteiger partial charge is 0.254 e. The highest BCUT2D eigenvalue weighted by atomic mass is 16.3. The summed E-state index contributed by atoms with van der Waals surface area (Å²) in [4.78, 5) is 21.1. The van der Waals surface area contributed by atoms with Crippen LogP contribution in [0.4, 0.5) is 5.82 Å². The molecule has 2 aromatic heterocycles. The number of primary amides is 1. The van der Waals surface area contributed by atoms with E-state index < -0.39 is 5.91 Å². The summed E-state index contributed by atoms with van der Waals surface area (Å²) in [6.45, 7) is 1.87. The van der Waals surface area contributed by atoms with Crippen molar-refractivity contribution >= 4 is 33.9 Å². The van der Waals surface area contributed by atoms with E-state index in [2.05, 4.69) is 9.97 Å². The summed E-state index contributed by atoms with van der Waals surface area (Å²) in [5, 5.41) is 9.87. The van der Waals surface area contributed by atoms with Gasteiger partial charge in [-0.25, -0.2) is 9.97 Å². The minimum Gasteiger partial charge on any atom is -0.508 e. The highest BCUT2D eigenvalue weighted by Crippen LogP contribution is 2.32. The lowest BCUT2D eigenvalue weighted by molar-refractivity contribution is 0.100. The predicted molar refractivity (Wildman–Crippen MR) is 95.7 cm³/mol. The van der Waals surface area contributed by atoms with E-state index in [0.717, 1.165) is 5.56 Å². The third-order valence-corrected chi connectivity index (χ3v) is 4.18. The van der Waals surface area contributed by atoms with Crippen LogP contribution in [0.15, 0.2) is 42.5 Å². The van der Waals surface area contributed by atoms with E-state index in [0.29, 0.717) is 27.9 Å². The van der Waals surface area contributed by atoms with Crippen LogP contribution in [-0.2, 0) is 0 Å². The summed E-state index contributed by atoms with van der Waals surface area (Å²) in [6, 6.07) is 12.2. The summed E-state index contributed by atoms with van der Waals surface area (Å²) in [5.74, 6) is -0.452. The lowest BCUT2D eigenvalue weighted by Crippen LogP contribution is -2.14. The number of aromatic nitrogens is 3. The molecule has 0 radical (unpaired) electrons. The van der Waals surface area contributed by atoms with E-state index in [4.69, 9.17) is 11.5 Å². The van der Waals surface area contributed by atoms with Gasteiger partial charge in [-0.3, -0.25) is 9.36 Å². The third kappa shape index (κ3) is 2.17. The number of rotatable bonds is 2. The van der Waals surface area contributed by atoms with Gasteiger partial charge in [0.1, 0.15) is 22.6 Å². The zero-order valence-corrected chi connectivity index (χ0v) is 13.4. The first-order valence-electron chi connectivity index (χ1n) is 7.64. The molecule has 0 saturated heterocycles. The van der Waals surface area contributed by atoms with Crippen molar-refractivity contribution < 1.29 is 9.90 Å². The van der Waals surface area contributed by atoms with E-state index in [1.165, 1.54) is 0 Å². The molecule has 0 aliphatic rings. The SMILES string of the molecule is Cc1ccc(O)cc1-n1c(N)c(C(N)=O)c2nc3ccccc3nc21. The molecule has 0 aliphatic carbocycles. The Kier molecular flexibility index (Phi) is 3.11. The number of phenols is 1. The number of anilines is 1. The molecule has 124 valence electrons. The predicted octanol–water partition coefficient (Wildman–Crippen LogP) is 2.27. The minimum atomic E-state index is -0.677. The van der Waals surface area contributed by atoms with Gasteiger partial charge in [-0.15, -0.1) is 0 Å². The Bertz CT molecular complexity index is 1160. The van der Waals surface area contributed by atoms with Gasteiger partial charge in [0, 0.05) is 6.07 Å². The molecule has 2 heterocycles. The number of nitrogens with zero attached hydrogens (tertiary/aromatic N) is 3. The van der Waals surface area contributed by atoms with Gasteiger partial charge in [-0.05, 0) is 30.7 Å². The van der Waals surface area contributed by atoms with Crippen molar-refractivity contribution in [3.8, 4) is 11.4 Å². The van der Waals surface area contributed by atoms with Crippen LogP contribution >= 0.6 is 0 Å². The quantitative estimate of drug-likeness (QED) is 0.520. The van der Waals surface area contributed by atoms with Crippen LogP contribution in [-0.4, -0.2) is 25.5 Å². The average Bonchev–Trinajstić information content (AvgIpc) is 2.86. The van der Waals surface area contributed by atoms with Crippen LogP contribution in [0.2, 0.25) is 0 Å². The number of carbonyl (C=O) groups is 1. The number of carbonyl (C=O) groups excluding carboxylic acids is 1. The number of amides is 1. The molecule has 0 spiro atoms. The Morgan fingerprint density at radius 1 is 1.12 bits per heavy atom. The molecule has 0 saturated carbocycles. The largest absolute Gasteiger partial charge is 0.508 e. The van der Waals surface area contributed by atoms with E-state index in [9.17, 15) is 9.90 Å². The van der Waals surface area contributed by atoms with E-state index in [-0.39, 0.29) is 17.1 Å². The standard InChI is InChI=1S/C18H15N5O2/c1-9-6-7-10(24)8-13(9)23-16(19)14(17(20)25)15-18(23)22-12-5-3-2-4-11(12)21-15/h2-8,24H,19H2,1H3,(H2,20,25). The molecule has 0 bridgehead atoms. The molecule has 2 aromatic carbocycles. The van der Waals surface area contributed by atoms with Crippen LogP contribution in [0.5, 0.6) is 5.75 Å². The van der Waals surface area contributed by atoms with Crippen molar-refractivity contribution in [2.75, 3.05) is 5.73 Å². The summed E-state index contributed by atoms with van der Waals surface area (Å²) < 4.78 is 1.60. The summed E-state index contributed by atoms with van der Waals surface area (Å²) in [7, 11) is 0. The van der Waals surface area contributed by atoms with Gasteiger partial charge in [-0.2, -0.15) is 0 Å². The van der Waals surface area contributed by atoms with Crippen molar-refractivity contribution in [3.05, 3.63) is 53.6 Å². The maximum atomic E-state index is 12.0. The lowest BCUT2D eigenvalue weighted by atomic mass is 10.2. The molecule has 0 unspecified atom stereocenters. The molecule has 0 fully saturated rings. The summed E-state index contributed by atoms with van der Waals surface area (Å²) >= 11 is 0. The first kappa shape index (κ1) is 14.9. The number of aryl methyl sites for hydroxylation is 1. The number of hydrogen-bond donors (Lipinski definition) is 3. The number of hydrogen-bond acceptors (Lipinski definition) is 5. The normalized spacial score (nSPS) is 11.2. The van der Waals surface area contributed by atoms with Crippen LogP contribution in [0.25, 0.3) is 27.9 Å². The highest BCUT2D eigenvalue weighted by molar-refractivity contribution is 6.10. The summed E-state index contributed by atoms with van der Waals surface area (Å²) in [5.41, 5.74) is 15.4. The first-order chi connectivity index (χ1) is 12.0. The van der Waals surface area contributed by atoms with Gasteiger partial charge in [0.25, 0.3) is 5.91 Å². The molecule has 1 amide bonds. The maximum absolute atomic E-state index is 12.0. The van der Waals surface area contributed by atoms with Crippen molar-refractivity contribution in [2.24, 2.45) is 5.73 Å². The Morgan fingerprint density at radius 3 is 2.48 bits per heavy atom. The maximum Gasteiger partial charge on any atom is 0.254 e. The first-order valence-corrected chi connectivity index (χ1v) is 7.64. The number of benzene rings is 2. The number of fused-ring (bicyclic) bond motifs is 2. The number of nitrogen functional groups attached to an aromatic ring is 1. The Hall–Kier alpha value is -3.61. The zero-order valence-electron chi connectivity index (χ0n) is 13.4.